The van der Waals surface area contributed by atoms with Crippen LogP contribution in [-0.4, -0.2) is 37.7 Å². The molecule has 0 unspecified atom stereocenters. The molecule has 0 aromatic carbocycles. The highest BCUT2D eigenvalue weighted by atomic mass is 16.5. The molecule has 0 radical (unpaired) electrons. The van der Waals surface area contributed by atoms with Gasteiger partial charge in [0.15, 0.2) is 0 Å². The molecule has 0 saturated carbocycles. The molecule has 2 nitrogen and oxygen atoms in total. The number of hydrogen-bond donors (Lipinski definition) is 0. The monoisotopic (exact) mass is 241 g/mol. The van der Waals surface area contributed by atoms with Gasteiger partial charge in [-0.2, -0.15) is 0 Å². The van der Waals surface area contributed by atoms with Crippen LogP contribution in [0, 0.1) is 17.3 Å². The molecular weight excluding hydrogens is 210 g/mol. The molecule has 1 saturated heterocycles. The fraction of sp³-hybridized carbons (Fsp3) is 1.00. The molecule has 0 N–H and O–H groups in total. The minimum absolute atomic E-state index is 0.434. The Morgan fingerprint density at radius 3 is 2.41 bits per heavy atom. The van der Waals surface area contributed by atoms with E-state index in [0.29, 0.717) is 5.41 Å². The van der Waals surface area contributed by atoms with Crippen molar-refractivity contribution in [3.8, 4) is 0 Å². The first-order chi connectivity index (χ1) is 7.87. The van der Waals surface area contributed by atoms with E-state index in [1.807, 2.05) is 0 Å². The number of nitrogens with zero attached hydrogens (tertiary/aromatic N) is 1. The van der Waals surface area contributed by atoms with Crippen LogP contribution in [0.3, 0.4) is 0 Å². The smallest absolute Gasteiger partial charge is 0.0518 e. The van der Waals surface area contributed by atoms with Crippen LogP contribution in [-0.2, 0) is 4.74 Å². The molecule has 1 heterocycles. The molecule has 0 bridgehead atoms. The normalized spacial score (nSPS) is 18.7. The molecular formula is C15H31NO. The van der Waals surface area contributed by atoms with E-state index >= 15 is 0 Å². The molecule has 1 rings (SSSR count). The van der Waals surface area contributed by atoms with E-state index in [1.165, 1.54) is 32.5 Å². The third kappa shape index (κ3) is 7.05. The summed E-state index contributed by atoms with van der Waals surface area (Å²) in [5.41, 5.74) is 0.434. The third-order valence-electron chi connectivity index (χ3n) is 3.15. The SMILES string of the molecule is CC(C)CCCOCC1CN(CC(C)(C)C)C1. The van der Waals surface area contributed by atoms with Crippen LogP contribution >= 0.6 is 0 Å². The van der Waals surface area contributed by atoms with Crippen molar-refractivity contribution >= 4 is 0 Å². The maximum absolute atomic E-state index is 5.74. The number of rotatable bonds is 7. The predicted molar refractivity (Wildman–Crippen MR) is 74.3 cm³/mol. The summed E-state index contributed by atoms with van der Waals surface area (Å²) in [7, 11) is 0. The second-order valence-electron chi connectivity index (χ2n) is 7.23. The van der Waals surface area contributed by atoms with Gasteiger partial charge in [0.05, 0.1) is 6.61 Å². The van der Waals surface area contributed by atoms with Gasteiger partial charge in [0, 0.05) is 32.2 Å². The molecule has 0 aromatic rings. The zero-order valence-electron chi connectivity index (χ0n) is 12.5. The van der Waals surface area contributed by atoms with E-state index in [0.717, 1.165) is 25.0 Å². The highest BCUT2D eigenvalue weighted by Gasteiger charge is 2.29. The average Bonchev–Trinajstić information content (AvgIpc) is 2.10. The van der Waals surface area contributed by atoms with E-state index in [9.17, 15) is 0 Å². The van der Waals surface area contributed by atoms with Crippen LogP contribution in [0.5, 0.6) is 0 Å². The van der Waals surface area contributed by atoms with Crippen molar-refractivity contribution in [1.82, 2.24) is 4.90 Å². The number of hydrogen-bond acceptors (Lipinski definition) is 2. The van der Waals surface area contributed by atoms with Gasteiger partial charge in [0.25, 0.3) is 0 Å². The maximum Gasteiger partial charge on any atom is 0.0518 e. The first-order valence-electron chi connectivity index (χ1n) is 7.17. The molecule has 1 aliphatic rings. The summed E-state index contributed by atoms with van der Waals surface area (Å²) in [6.07, 6.45) is 2.51. The van der Waals surface area contributed by atoms with Crippen LogP contribution in [0.2, 0.25) is 0 Å². The van der Waals surface area contributed by atoms with Crippen LogP contribution in [0.15, 0.2) is 0 Å². The van der Waals surface area contributed by atoms with Crippen molar-refractivity contribution in [3.05, 3.63) is 0 Å². The summed E-state index contributed by atoms with van der Waals surface area (Å²) in [6, 6.07) is 0. The van der Waals surface area contributed by atoms with Gasteiger partial charge in [-0.15, -0.1) is 0 Å². The molecule has 1 fully saturated rings. The molecule has 1 aliphatic heterocycles. The van der Waals surface area contributed by atoms with Gasteiger partial charge in [-0.3, -0.25) is 0 Å². The van der Waals surface area contributed by atoms with E-state index in [1.54, 1.807) is 0 Å². The standard InChI is InChI=1S/C15H31NO/c1-13(2)7-6-8-17-11-14-9-16(10-14)12-15(3,4)5/h13-14H,6-12H2,1-5H3. The van der Waals surface area contributed by atoms with E-state index in [4.69, 9.17) is 4.74 Å². The summed E-state index contributed by atoms with van der Waals surface area (Å²) in [4.78, 5) is 2.54. The zero-order chi connectivity index (χ0) is 12.9. The molecule has 0 spiro atoms. The Morgan fingerprint density at radius 1 is 1.24 bits per heavy atom. The second kappa shape index (κ2) is 6.75. The third-order valence-corrected chi connectivity index (χ3v) is 3.15. The highest BCUT2D eigenvalue weighted by Crippen LogP contribution is 2.22. The van der Waals surface area contributed by atoms with Crippen molar-refractivity contribution in [1.29, 1.82) is 0 Å². The fourth-order valence-corrected chi connectivity index (χ4v) is 2.43. The van der Waals surface area contributed by atoms with Crippen molar-refractivity contribution in [3.63, 3.8) is 0 Å². The lowest BCUT2D eigenvalue weighted by atomic mass is 9.92. The van der Waals surface area contributed by atoms with Crippen molar-refractivity contribution in [2.45, 2.75) is 47.5 Å². The Kier molecular flexibility index (Phi) is 5.94. The molecule has 102 valence electrons. The molecule has 17 heavy (non-hydrogen) atoms. The lowest BCUT2D eigenvalue weighted by molar-refractivity contribution is -0.00111. The van der Waals surface area contributed by atoms with Gasteiger partial charge in [-0.25, -0.2) is 0 Å². The molecule has 0 aliphatic carbocycles. The first-order valence-corrected chi connectivity index (χ1v) is 7.17. The lowest BCUT2D eigenvalue weighted by Gasteiger charge is -2.42. The minimum atomic E-state index is 0.434. The van der Waals surface area contributed by atoms with Crippen LogP contribution in [0.1, 0.15) is 47.5 Å². The Bertz CT molecular complexity index is 201. The summed E-state index contributed by atoms with van der Waals surface area (Å²) in [5.74, 6) is 1.60. The number of ether oxygens (including phenoxy) is 1. The van der Waals surface area contributed by atoms with E-state index in [-0.39, 0.29) is 0 Å². The zero-order valence-corrected chi connectivity index (χ0v) is 12.5. The quantitative estimate of drug-likeness (QED) is 0.633. The summed E-state index contributed by atoms with van der Waals surface area (Å²) < 4.78 is 5.74. The Labute approximate surface area is 108 Å². The Hall–Kier alpha value is -0.0800. The maximum atomic E-state index is 5.74. The summed E-state index contributed by atoms with van der Waals surface area (Å²) in [5, 5.41) is 0. The van der Waals surface area contributed by atoms with Crippen molar-refractivity contribution < 1.29 is 4.74 Å². The topological polar surface area (TPSA) is 12.5 Å². The van der Waals surface area contributed by atoms with Crippen LogP contribution in [0.4, 0.5) is 0 Å². The Balaban J connectivity index is 1.92. The highest BCUT2D eigenvalue weighted by molar-refractivity contribution is 4.82. The van der Waals surface area contributed by atoms with Crippen molar-refractivity contribution in [2.24, 2.45) is 17.3 Å². The lowest BCUT2D eigenvalue weighted by Crippen LogP contribution is -2.51. The van der Waals surface area contributed by atoms with Gasteiger partial charge in [0.1, 0.15) is 0 Å². The first kappa shape index (κ1) is 15.0. The number of likely N-dealkylation sites (tertiary alicyclic amines) is 1. The average molecular weight is 241 g/mol. The van der Waals surface area contributed by atoms with Crippen LogP contribution in [0.25, 0.3) is 0 Å². The molecule has 0 atom stereocenters. The predicted octanol–water partition coefficient (Wildman–Crippen LogP) is 3.42. The van der Waals surface area contributed by atoms with Gasteiger partial charge < -0.3 is 9.64 Å². The minimum Gasteiger partial charge on any atom is -0.381 e. The summed E-state index contributed by atoms with van der Waals surface area (Å²) in [6.45, 7) is 17.1. The van der Waals surface area contributed by atoms with E-state index < -0.39 is 0 Å². The van der Waals surface area contributed by atoms with Crippen LogP contribution < -0.4 is 0 Å². The molecule has 0 amide bonds. The van der Waals surface area contributed by atoms with Gasteiger partial charge in [-0.1, -0.05) is 34.6 Å². The van der Waals surface area contributed by atoms with Gasteiger partial charge in [0.2, 0.25) is 0 Å². The van der Waals surface area contributed by atoms with E-state index in [2.05, 4.69) is 39.5 Å². The summed E-state index contributed by atoms with van der Waals surface area (Å²) >= 11 is 0. The second-order valence-corrected chi connectivity index (χ2v) is 7.23. The van der Waals surface area contributed by atoms with Gasteiger partial charge >= 0.3 is 0 Å². The Morgan fingerprint density at radius 2 is 1.88 bits per heavy atom. The van der Waals surface area contributed by atoms with Gasteiger partial charge in [-0.05, 0) is 24.2 Å². The fourth-order valence-electron chi connectivity index (χ4n) is 2.43. The largest absolute Gasteiger partial charge is 0.381 e. The van der Waals surface area contributed by atoms with Crippen molar-refractivity contribution in [2.75, 3.05) is 32.8 Å². The molecule has 0 aromatic heterocycles. The molecule has 2 heteroatoms.